The molecule has 0 aromatic carbocycles. The fraction of sp³-hybridized carbons (Fsp3) is 0.500. The van der Waals surface area contributed by atoms with Crippen LogP contribution >= 0.6 is 35.3 Å². The van der Waals surface area contributed by atoms with E-state index in [0.29, 0.717) is 11.2 Å². The number of thiazole rings is 1. The van der Waals surface area contributed by atoms with Gasteiger partial charge in [-0.05, 0) is 12.3 Å². The van der Waals surface area contributed by atoms with Crippen LogP contribution < -0.4 is 5.32 Å². The smallest absolute Gasteiger partial charge is 0.195 e. The Hall–Kier alpha value is -0.290. The van der Waals surface area contributed by atoms with Gasteiger partial charge in [-0.2, -0.15) is 0 Å². The Kier molecular flexibility index (Phi) is 3.45. The van der Waals surface area contributed by atoms with Gasteiger partial charge < -0.3 is 5.32 Å². The number of hydrogen-bond acceptors (Lipinski definition) is 3. The summed E-state index contributed by atoms with van der Waals surface area (Å²) in [6, 6.07) is 0.672. The summed E-state index contributed by atoms with van der Waals surface area (Å²) in [5.41, 5.74) is 1.08. The molecule has 1 aliphatic rings. The fourth-order valence-electron chi connectivity index (χ4n) is 1.80. The number of aromatic nitrogens is 2. The van der Waals surface area contributed by atoms with E-state index in [1.807, 2.05) is 11.6 Å². The van der Waals surface area contributed by atoms with E-state index in [4.69, 9.17) is 11.6 Å². The number of hydrogen-bond donors (Lipinski definition) is 1. The van der Waals surface area contributed by atoms with E-state index in [1.165, 1.54) is 6.42 Å². The Labute approximate surface area is 109 Å². The second-order valence-corrected chi connectivity index (χ2v) is 5.34. The molecule has 1 aliphatic carbocycles. The van der Waals surface area contributed by atoms with Gasteiger partial charge in [0.25, 0.3) is 0 Å². The van der Waals surface area contributed by atoms with Gasteiger partial charge in [0.15, 0.2) is 10.1 Å². The maximum Gasteiger partial charge on any atom is 0.195 e. The highest BCUT2D eigenvalue weighted by atomic mass is 35.5. The molecule has 2 aromatic heterocycles. The summed E-state index contributed by atoms with van der Waals surface area (Å²) in [7, 11) is 0. The largest absolute Gasteiger partial charge is 0.308 e. The van der Waals surface area contributed by atoms with Crippen molar-refractivity contribution in [2.24, 2.45) is 5.92 Å². The summed E-state index contributed by atoms with van der Waals surface area (Å²) >= 11 is 7.70. The summed E-state index contributed by atoms with van der Waals surface area (Å²) in [5.74, 6) is 0.815. The molecule has 88 valence electrons. The number of imidazole rings is 1. The number of rotatable bonds is 3. The molecule has 0 spiro atoms. The topological polar surface area (TPSA) is 29.3 Å². The molecule has 1 saturated carbocycles. The van der Waals surface area contributed by atoms with Gasteiger partial charge in [0.05, 0.1) is 5.69 Å². The molecule has 0 saturated heterocycles. The van der Waals surface area contributed by atoms with Crippen molar-refractivity contribution in [1.29, 1.82) is 0 Å². The predicted molar refractivity (Wildman–Crippen MR) is 69.7 cm³/mol. The van der Waals surface area contributed by atoms with Crippen LogP contribution in [0.1, 0.15) is 19.0 Å². The standard InChI is InChI=1S/C10H12ClN3S.ClH/c1-6-4-7(6)12-5-8-9(11)13-10-14(8)2-3-15-10;/h2-3,6-7,12H,4-5H2,1H3;1H. The van der Waals surface area contributed by atoms with E-state index in [-0.39, 0.29) is 12.4 Å². The molecule has 1 fully saturated rings. The van der Waals surface area contributed by atoms with Gasteiger partial charge in [-0.15, -0.1) is 23.7 Å². The molecule has 6 heteroatoms. The van der Waals surface area contributed by atoms with Crippen molar-refractivity contribution >= 4 is 40.3 Å². The predicted octanol–water partition coefficient (Wildman–Crippen LogP) is 2.97. The number of halogens is 2. The molecule has 2 unspecified atom stereocenters. The van der Waals surface area contributed by atoms with Crippen LogP contribution in [0.4, 0.5) is 0 Å². The van der Waals surface area contributed by atoms with Crippen molar-refractivity contribution < 1.29 is 0 Å². The zero-order valence-electron chi connectivity index (χ0n) is 8.81. The van der Waals surface area contributed by atoms with Gasteiger partial charge in [0, 0.05) is 24.2 Å². The van der Waals surface area contributed by atoms with E-state index < -0.39 is 0 Å². The lowest BCUT2D eigenvalue weighted by Crippen LogP contribution is -2.18. The Bertz CT molecular complexity index is 493. The fourth-order valence-corrected chi connectivity index (χ4v) is 2.82. The maximum absolute atomic E-state index is 6.08. The third-order valence-electron chi connectivity index (χ3n) is 2.95. The van der Waals surface area contributed by atoms with Crippen molar-refractivity contribution in [3.8, 4) is 0 Å². The highest BCUT2D eigenvalue weighted by molar-refractivity contribution is 7.15. The van der Waals surface area contributed by atoms with Crippen molar-refractivity contribution in [2.45, 2.75) is 25.9 Å². The quantitative estimate of drug-likeness (QED) is 0.935. The number of nitrogens with zero attached hydrogens (tertiary/aromatic N) is 2. The second-order valence-electron chi connectivity index (χ2n) is 4.11. The summed E-state index contributed by atoms with van der Waals surface area (Å²) in [4.78, 5) is 5.27. The molecule has 0 radical (unpaired) electrons. The highest BCUT2D eigenvalue weighted by Crippen LogP contribution is 2.30. The van der Waals surface area contributed by atoms with Crippen LogP contribution in [-0.2, 0) is 6.54 Å². The average Bonchev–Trinajstić information content (AvgIpc) is 2.59. The van der Waals surface area contributed by atoms with Crippen LogP contribution in [0.15, 0.2) is 11.6 Å². The van der Waals surface area contributed by atoms with Gasteiger partial charge in [0.1, 0.15) is 0 Å². The number of nitrogens with one attached hydrogen (secondary N) is 1. The summed E-state index contributed by atoms with van der Waals surface area (Å²) < 4.78 is 2.06. The molecule has 3 rings (SSSR count). The van der Waals surface area contributed by atoms with E-state index in [9.17, 15) is 0 Å². The normalized spacial score (nSPS) is 23.4. The Morgan fingerprint density at radius 2 is 2.44 bits per heavy atom. The Balaban J connectivity index is 0.000000963. The first-order valence-corrected chi connectivity index (χ1v) is 6.35. The average molecular weight is 278 g/mol. The first-order valence-electron chi connectivity index (χ1n) is 5.09. The van der Waals surface area contributed by atoms with Crippen molar-refractivity contribution in [2.75, 3.05) is 0 Å². The van der Waals surface area contributed by atoms with Gasteiger partial charge in [-0.3, -0.25) is 4.40 Å². The molecule has 3 nitrogen and oxygen atoms in total. The van der Waals surface area contributed by atoms with Crippen LogP contribution in [0.3, 0.4) is 0 Å². The minimum Gasteiger partial charge on any atom is -0.308 e. The first-order chi connectivity index (χ1) is 7.25. The van der Waals surface area contributed by atoms with E-state index in [1.54, 1.807) is 11.3 Å². The van der Waals surface area contributed by atoms with Crippen LogP contribution in [0.25, 0.3) is 4.96 Å². The maximum atomic E-state index is 6.08. The van der Waals surface area contributed by atoms with E-state index >= 15 is 0 Å². The van der Waals surface area contributed by atoms with E-state index in [0.717, 1.165) is 23.1 Å². The van der Waals surface area contributed by atoms with Crippen LogP contribution in [0.5, 0.6) is 0 Å². The van der Waals surface area contributed by atoms with Crippen molar-refractivity contribution in [1.82, 2.24) is 14.7 Å². The third-order valence-corrected chi connectivity index (χ3v) is 4.01. The van der Waals surface area contributed by atoms with Crippen LogP contribution in [0, 0.1) is 5.92 Å². The first kappa shape index (κ1) is 12.2. The lowest BCUT2D eigenvalue weighted by Gasteiger charge is -2.02. The zero-order chi connectivity index (χ0) is 10.4. The minimum absolute atomic E-state index is 0. The molecule has 16 heavy (non-hydrogen) atoms. The third kappa shape index (κ3) is 2.07. The molecule has 0 amide bonds. The molecule has 1 N–H and O–H groups in total. The van der Waals surface area contributed by atoms with Gasteiger partial charge in [-0.25, -0.2) is 4.98 Å². The lowest BCUT2D eigenvalue weighted by atomic mass is 10.4. The zero-order valence-corrected chi connectivity index (χ0v) is 11.2. The molecular weight excluding hydrogens is 265 g/mol. The highest BCUT2D eigenvalue weighted by Gasteiger charge is 2.32. The van der Waals surface area contributed by atoms with Crippen LogP contribution in [0.2, 0.25) is 5.15 Å². The lowest BCUT2D eigenvalue weighted by molar-refractivity contribution is 0.640. The van der Waals surface area contributed by atoms with Gasteiger partial charge in [0.2, 0.25) is 0 Å². The van der Waals surface area contributed by atoms with Crippen LogP contribution in [-0.4, -0.2) is 15.4 Å². The van der Waals surface area contributed by atoms with Gasteiger partial charge in [-0.1, -0.05) is 18.5 Å². The minimum atomic E-state index is 0. The molecule has 0 aliphatic heterocycles. The van der Waals surface area contributed by atoms with Crippen molar-refractivity contribution in [3.05, 3.63) is 22.4 Å². The molecule has 2 heterocycles. The molecule has 2 aromatic rings. The number of fused-ring (bicyclic) bond motifs is 1. The Morgan fingerprint density at radius 3 is 3.12 bits per heavy atom. The van der Waals surface area contributed by atoms with Gasteiger partial charge >= 0.3 is 0 Å². The molecule has 0 bridgehead atoms. The molecule has 2 atom stereocenters. The summed E-state index contributed by atoms with van der Waals surface area (Å²) in [6.45, 7) is 3.07. The van der Waals surface area contributed by atoms with E-state index in [2.05, 4.69) is 21.6 Å². The van der Waals surface area contributed by atoms with Crippen molar-refractivity contribution in [3.63, 3.8) is 0 Å². The summed E-state index contributed by atoms with van der Waals surface area (Å²) in [5, 5.41) is 6.15. The SMILES string of the molecule is CC1CC1NCc1c(Cl)nc2sccn12.Cl. The molecular formula is C10H13Cl2N3S. The second kappa shape index (κ2) is 4.53. The summed E-state index contributed by atoms with van der Waals surface area (Å²) in [6.07, 6.45) is 3.30. The Morgan fingerprint density at radius 1 is 1.69 bits per heavy atom. The monoisotopic (exact) mass is 277 g/mol.